The Balaban J connectivity index is 2.24. The van der Waals surface area contributed by atoms with Crippen LogP contribution in [0, 0.1) is 0 Å². The van der Waals surface area contributed by atoms with Crippen molar-refractivity contribution >= 4 is 33.2 Å². The van der Waals surface area contributed by atoms with Crippen LogP contribution in [0.25, 0.3) is 0 Å². The topological polar surface area (TPSA) is 95.0 Å². The lowest BCUT2D eigenvalue weighted by molar-refractivity contribution is -0.149. The molecule has 0 aromatic carbocycles. The first kappa shape index (κ1) is 16.9. The van der Waals surface area contributed by atoms with E-state index in [0.29, 0.717) is 12.8 Å². The summed E-state index contributed by atoms with van der Waals surface area (Å²) < 4.78 is 26.6. The average Bonchev–Trinajstić information content (AvgIpc) is 3.15. The maximum absolute atomic E-state index is 12.6. The molecule has 9 heteroatoms. The number of carboxylic acid groups (broad SMARTS) is 1. The summed E-state index contributed by atoms with van der Waals surface area (Å²) in [6.07, 6.45) is 0.983. The van der Waals surface area contributed by atoms with E-state index in [9.17, 15) is 18.0 Å². The van der Waals surface area contributed by atoms with Crippen LogP contribution in [0.15, 0.2) is 21.7 Å². The molecular formula is C13H18N2O5S2. The second-order valence-corrected chi connectivity index (χ2v) is 8.23. The molecule has 0 bridgehead atoms. The summed E-state index contributed by atoms with van der Waals surface area (Å²) in [5.74, 6) is -1.60. The number of aliphatic carboxylic acids is 1. The molecule has 1 amide bonds. The molecule has 0 radical (unpaired) electrons. The Hall–Kier alpha value is -1.45. The molecule has 1 saturated heterocycles. The normalized spacial score (nSPS) is 20.7. The minimum Gasteiger partial charge on any atom is -0.480 e. The monoisotopic (exact) mass is 346 g/mol. The number of carbonyl (C=O) groups is 2. The second kappa shape index (κ2) is 6.35. The van der Waals surface area contributed by atoms with E-state index in [0.717, 1.165) is 16.2 Å². The molecule has 22 heavy (non-hydrogen) atoms. The summed E-state index contributed by atoms with van der Waals surface area (Å²) in [5.41, 5.74) is 0. The first-order chi connectivity index (χ1) is 10.3. The molecule has 2 heterocycles. The third-order valence-corrected chi connectivity index (χ3v) is 7.11. The summed E-state index contributed by atoms with van der Waals surface area (Å²) in [7, 11) is -2.33. The van der Waals surface area contributed by atoms with Gasteiger partial charge in [0.05, 0.1) is 0 Å². The van der Waals surface area contributed by atoms with Crippen LogP contribution in [0.4, 0.5) is 0 Å². The second-order valence-electron chi connectivity index (χ2n) is 5.17. The minimum atomic E-state index is -3.71. The molecule has 1 aromatic rings. The zero-order valence-corrected chi connectivity index (χ0v) is 13.9. The third kappa shape index (κ3) is 3.01. The maximum atomic E-state index is 12.6. The van der Waals surface area contributed by atoms with Gasteiger partial charge in [0, 0.05) is 13.6 Å². The summed E-state index contributed by atoms with van der Waals surface area (Å²) in [6, 6.07) is 1.31. The molecule has 2 rings (SSSR count). The van der Waals surface area contributed by atoms with Gasteiger partial charge in [0.1, 0.15) is 16.3 Å². The van der Waals surface area contributed by atoms with Crippen LogP contribution in [0.1, 0.15) is 19.8 Å². The SMILES string of the molecule is CC(C(=O)O)N(C)C(=O)C1CCCN1S(=O)(=O)c1cccs1. The molecule has 2 unspecified atom stereocenters. The van der Waals surface area contributed by atoms with Crippen molar-refractivity contribution in [2.45, 2.75) is 36.1 Å². The zero-order valence-electron chi connectivity index (χ0n) is 12.3. The van der Waals surface area contributed by atoms with E-state index >= 15 is 0 Å². The van der Waals surface area contributed by atoms with E-state index in [1.165, 1.54) is 24.3 Å². The van der Waals surface area contributed by atoms with E-state index < -0.39 is 34.0 Å². The minimum absolute atomic E-state index is 0.195. The first-order valence-corrected chi connectivity index (χ1v) is 9.13. The van der Waals surface area contributed by atoms with Gasteiger partial charge in [-0.1, -0.05) is 6.07 Å². The molecule has 122 valence electrons. The lowest BCUT2D eigenvalue weighted by Gasteiger charge is -2.29. The molecule has 1 aliphatic heterocycles. The van der Waals surface area contributed by atoms with Gasteiger partial charge in [-0.15, -0.1) is 11.3 Å². The number of sulfonamides is 1. The lowest BCUT2D eigenvalue weighted by atomic mass is 10.2. The molecule has 0 aliphatic carbocycles. The first-order valence-electron chi connectivity index (χ1n) is 6.81. The highest BCUT2D eigenvalue weighted by Gasteiger charge is 2.42. The highest BCUT2D eigenvalue weighted by Crippen LogP contribution is 2.29. The fourth-order valence-corrected chi connectivity index (χ4v) is 5.16. The molecular weight excluding hydrogens is 328 g/mol. The van der Waals surface area contributed by atoms with E-state index in [1.54, 1.807) is 11.4 Å². The van der Waals surface area contributed by atoms with Gasteiger partial charge in [0.25, 0.3) is 10.0 Å². The Kier molecular flexibility index (Phi) is 4.88. The molecule has 0 saturated carbocycles. The van der Waals surface area contributed by atoms with Crippen molar-refractivity contribution < 1.29 is 23.1 Å². The van der Waals surface area contributed by atoms with Gasteiger partial charge in [0.2, 0.25) is 5.91 Å². The molecule has 7 nitrogen and oxygen atoms in total. The predicted octanol–water partition coefficient (Wildman–Crippen LogP) is 0.833. The summed E-state index contributed by atoms with van der Waals surface area (Å²) in [4.78, 5) is 24.6. The number of rotatable bonds is 5. The third-order valence-electron chi connectivity index (χ3n) is 3.83. The number of amides is 1. The fourth-order valence-electron chi connectivity index (χ4n) is 2.39. The Morgan fingerprint density at radius 1 is 1.50 bits per heavy atom. The predicted molar refractivity (Wildman–Crippen MR) is 81.1 cm³/mol. The number of carboxylic acids is 1. The van der Waals surface area contributed by atoms with Crippen molar-refractivity contribution in [1.82, 2.24) is 9.21 Å². The maximum Gasteiger partial charge on any atom is 0.326 e. The van der Waals surface area contributed by atoms with Gasteiger partial charge in [-0.3, -0.25) is 4.79 Å². The molecule has 1 aliphatic rings. The van der Waals surface area contributed by atoms with Gasteiger partial charge in [-0.2, -0.15) is 4.31 Å². The number of likely N-dealkylation sites (N-methyl/N-ethyl adjacent to an activating group) is 1. The van der Waals surface area contributed by atoms with E-state index in [-0.39, 0.29) is 10.8 Å². The number of carbonyl (C=O) groups excluding carboxylic acids is 1. The number of thiophene rings is 1. The molecule has 1 N–H and O–H groups in total. The summed E-state index contributed by atoms with van der Waals surface area (Å²) in [6.45, 7) is 1.67. The van der Waals surface area contributed by atoms with Gasteiger partial charge in [-0.25, -0.2) is 13.2 Å². The Labute approximate surface area is 133 Å². The van der Waals surface area contributed by atoms with Crippen LogP contribution in [-0.4, -0.2) is 60.3 Å². The Bertz CT molecular complexity index is 656. The van der Waals surface area contributed by atoms with Crippen LogP contribution >= 0.6 is 11.3 Å². The number of hydrogen-bond acceptors (Lipinski definition) is 5. The number of nitrogens with zero attached hydrogens (tertiary/aromatic N) is 2. The smallest absolute Gasteiger partial charge is 0.326 e. The van der Waals surface area contributed by atoms with Gasteiger partial charge in [0.15, 0.2) is 0 Å². The van der Waals surface area contributed by atoms with Crippen molar-refractivity contribution in [2.24, 2.45) is 0 Å². The quantitative estimate of drug-likeness (QED) is 0.852. The van der Waals surface area contributed by atoms with Gasteiger partial charge >= 0.3 is 5.97 Å². The van der Waals surface area contributed by atoms with Crippen LogP contribution in [0.5, 0.6) is 0 Å². The van der Waals surface area contributed by atoms with Gasteiger partial charge < -0.3 is 10.0 Å². The van der Waals surface area contributed by atoms with Crippen LogP contribution in [0.3, 0.4) is 0 Å². The number of hydrogen-bond donors (Lipinski definition) is 1. The van der Waals surface area contributed by atoms with Crippen LogP contribution in [0.2, 0.25) is 0 Å². The Morgan fingerprint density at radius 3 is 2.73 bits per heavy atom. The molecule has 0 spiro atoms. The van der Waals surface area contributed by atoms with E-state index in [2.05, 4.69) is 0 Å². The zero-order chi connectivity index (χ0) is 16.5. The van der Waals surface area contributed by atoms with Crippen molar-refractivity contribution in [3.05, 3.63) is 17.5 Å². The largest absolute Gasteiger partial charge is 0.480 e. The average molecular weight is 346 g/mol. The lowest BCUT2D eigenvalue weighted by Crippen LogP contribution is -2.50. The highest BCUT2D eigenvalue weighted by atomic mass is 32.2. The van der Waals surface area contributed by atoms with Crippen molar-refractivity contribution in [1.29, 1.82) is 0 Å². The summed E-state index contributed by atoms with van der Waals surface area (Å²) >= 11 is 1.10. The van der Waals surface area contributed by atoms with Crippen molar-refractivity contribution in [2.75, 3.05) is 13.6 Å². The van der Waals surface area contributed by atoms with E-state index in [1.807, 2.05) is 0 Å². The summed E-state index contributed by atoms with van der Waals surface area (Å²) in [5, 5.41) is 10.7. The van der Waals surface area contributed by atoms with Crippen molar-refractivity contribution in [3.8, 4) is 0 Å². The van der Waals surface area contributed by atoms with E-state index in [4.69, 9.17) is 5.11 Å². The molecule has 2 atom stereocenters. The molecule has 1 fully saturated rings. The van der Waals surface area contributed by atoms with Gasteiger partial charge in [-0.05, 0) is 31.2 Å². The van der Waals surface area contributed by atoms with Crippen LogP contribution in [-0.2, 0) is 19.6 Å². The fraction of sp³-hybridized carbons (Fsp3) is 0.538. The molecule has 1 aromatic heterocycles. The highest BCUT2D eigenvalue weighted by molar-refractivity contribution is 7.91. The standard InChI is InChI=1S/C13H18N2O5S2/c1-9(13(17)18)14(2)12(16)10-5-3-7-15(10)22(19,20)11-6-4-8-21-11/h4,6,8-10H,3,5,7H2,1-2H3,(H,17,18). The van der Waals surface area contributed by atoms with Crippen molar-refractivity contribution in [3.63, 3.8) is 0 Å². The van der Waals surface area contributed by atoms with Crippen LogP contribution < -0.4 is 0 Å². The Morgan fingerprint density at radius 2 is 2.18 bits per heavy atom.